The lowest BCUT2D eigenvalue weighted by molar-refractivity contribution is 0.0955. The number of nitrogen functional groups attached to an aromatic ring is 1. The van der Waals surface area contributed by atoms with E-state index in [0.717, 1.165) is 20.6 Å². The first kappa shape index (κ1) is 15.6. The molecule has 0 atom stereocenters. The second kappa shape index (κ2) is 6.89. The molecule has 0 aliphatic rings. The first-order valence-electron chi connectivity index (χ1n) is 6.83. The molecule has 23 heavy (non-hydrogen) atoms. The fourth-order valence-electron chi connectivity index (χ4n) is 1.98. The molecule has 0 saturated carbocycles. The number of nitrogens with one attached hydrogen (secondary N) is 1. The number of nitrogens with two attached hydrogens (primary N) is 1. The molecule has 7 heteroatoms. The predicted octanol–water partition coefficient (Wildman–Crippen LogP) is 3.48. The minimum atomic E-state index is -0.105. The van der Waals surface area contributed by atoms with Gasteiger partial charge in [-0.15, -0.1) is 11.3 Å². The first-order chi connectivity index (χ1) is 11.1. The maximum absolute atomic E-state index is 12.2. The molecule has 0 bridgehead atoms. The van der Waals surface area contributed by atoms with Crippen LogP contribution in [0, 0.1) is 0 Å². The normalized spacial score (nSPS) is 10.5. The number of carbonyl (C=O) groups excluding carboxylic acids is 1. The van der Waals surface area contributed by atoms with Gasteiger partial charge in [-0.25, -0.2) is 9.97 Å². The number of nitrogens with zero attached hydrogens (tertiary/aromatic N) is 2. The summed E-state index contributed by atoms with van der Waals surface area (Å²) in [6.45, 7) is 0.486. The van der Waals surface area contributed by atoms with E-state index < -0.39 is 0 Å². The molecule has 2 aromatic heterocycles. The van der Waals surface area contributed by atoms with Crippen LogP contribution in [0.4, 0.5) is 5.95 Å². The molecule has 0 aliphatic carbocycles. The van der Waals surface area contributed by atoms with Crippen LogP contribution in [0.2, 0.25) is 0 Å². The molecule has 0 saturated heterocycles. The van der Waals surface area contributed by atoms with Gasteiger partial charge >= 0.3 is 0 Å². The van der Waals surface area contributed by atoms with Crippen molar-refractivity contribution in [2.45, 2.75) is 6.54 Å². The monoisotopic (exact) mass is 388 g/mol. The maximum Gasteiger partial charge on any atom is 0.261 e. The van der Waals surface area contributed by atoms with Gasteiger partial charge in [0.2, 0.25) is 5.95 Å². The zero-order valence-corrected chi connectivity index (χ0v) is 14.4. The van der Waals surface area contributed by atoms with Gasteiger partial charge in [0.15, 0.2) is 0 Å². The Balaban J connectivity index is 1.67. The van der Waals surface area contributed by atoms with Crippen LogP contribution in [-0.2, 0) is 6.54 Å². The smallest absolute Gasteiger partial charge is 0.261 e. The molecule has 5 nitrogen and oxygen atoms in total. The van der Waals surface area contributed by atoms with Gasteiger partial charge in [0.05, 0.1) is 15.4 Å². The lowest BCUT2D eigenvalue weighted by atomic mass is 10.2. The molecular weight excluding hydrogens is 376 g/mol. The SMILES string of the molecule is Nc1nccc(-c2ccc(C(=O)NCc3ccc(Br)cc3)s2)n1. The number of hydrogen-bond acceptors (Lipinski definition) is 5. The van der Waals surface area contributed by atoms with E-state index in [1.54, 1.807) is 18.3 Å². The van der Waals surface area contributed by atoms with Gasteiger partial charge in [-0.1, -0.05) is 28.1 Å². The summed E-state index contributed by atoms with van der Waals surface area (Å²) in [7, 11) is 0. The van der Waals surface area contributed by atoms with Crippen molar-refractivity contribution in [3.05, 3.63) is 63.6 Å². The van der Waals surface area contributed by atoms with Crippen LogP contribution in [0.15, 0.2) is 53.1 Å². The van der Waals surface area contributed by atoms with E-state index in [-0.39, 0.29) is 11.9 Å². The molecule has 2 heterocycles. The van der Waals surface area contributed by atoms with Gasteiger partial charge in [0.25, 0.3) is 5.91 Å². The van der Waals surface area contributed by atoms with Crippen LogP contribution in [0.5, 0.6) is 0 Å². The van der Waals surface area contributed by atoms with Crippen molar-refractivity contribution in [3.63, 3.8) is 0 Å². The Bertz CT molecular complexity index is 832. The highest BCUT2D eigenvalue weighted by molar-refractivity contribution is 9.10. The summed E-state index contributed by atoms with van der Waals surface area (Å²) in [5.74, 6) is 0.114. The fourth-order valence-corrected chi connectivity index (χ4v) is 3.14. The highest BCUT2D eigenvalue weighted by Crippen LogP contribution is 2.26. The van der Waals surface area contributed by atoms with Gasteiger partial charge < -0.3 is 11.1 Å². The lowest BCUT2D eigenvalue weighted by Crippen LogP contribution is -2.21. The molecule has 1 aromatic carbocycles. The number of thiophene rings is 1. The molecular formula is C16H13BrN4OS. The Labute approximate surface area is 145 Å². The molecule has 0 aliphatic heterocycles. The second-order valence-electron chi connectivity index (χ2n) is 4.77. The Morgan fingerprint density at radius 2 is 1.96 bits per heavy atom. The zero-order valence-electron chi connectivity index (χ0n) is 12.0. The predicted molar refractivity (Wildman–Crippen MR) is 95.1 cm³/mol. The summed E-state index contributed by atoms with van der Waals surface area (Å²) in [5, 5.41) is 2.91. The fraction of sp³-hybridized carbons (Fsp3) is 0.0625. The molecule has 3 aromatic rings. The largest absolute Gasteiger partial charge is 0.368 e. The van der Waals surface area contributed by atoms with Gasteiger partial charge in [-0.05, 0) is 35.9 Å². The quantitative estimate of drug-likeness (QED) is 0.716. The topological polar surface area (TPSA) is 80.9 Å². The van der Waals surface area contributed by atoms with E-state index in [0.29, 0.717) is 11.4 Å². The Morgan fingerprint density at radius 3 is 2.70 bits per heavy atom. The zero-order chi connectivity index (χ0) is 16.2. The van der Waals surface area contributed by atoms with E-state index in [9.17, 15) is 4.79 Å². The highest BCUT2D eigenvalue weighted by Gasteiger charge is 2.11. The van der Waals surface area contributed by atoms with E-state index in [4.69, 9.17) is 5.73 Å². The van der Waals surface area contributed by atoms with Crippen LogP contribution >= 0.6 is 27.3 Å². The van der Waals surface area contributed by atoms with Gasteiger partial charge in [-0.3, -0.25) is 4.79 Å². The summed E-state index contributed by atoms with van der Waals surface area (Å²) in [5.41, 5.74) is 7.35. The van der Waals surface area contributed by atoms with Crippen molar-refractivity contribution >= 4 is 39.1 Å². The van der Waals surface area contributed by atoms with E-state index in [1.165, 1.54) is 11.3 Å². The number of amides is 1. The minimum absolute atomic E-state index is 0.105. The second-order valence-corrected chi connectivity index (χ2v) is 6.77. The Morgan fingerprint density at radius 1 is 1.17 bits per heavy atom. The summed E-state index contributed by atoms with van der Waals surface area (Å²) in [6.07, 6.45) is 1.60. The van der Waals surface area contributed by atoms with Gasteiger partial charge in [-0.2, -0.15) is 0 Å². The average Bonchev–Trinajstić information content (AvgIpc) is 3.04. The maximum atomic E-state index is 12.2. The van der Waals surface area contributed by atoms with Crippen LogP contribution in [-0.4, -0.2) is 15.9 Å². The Kier molecular flexibility index (Phi) is 4.68. The van der Waals surface area contributed by atoms with Crippen LogP contribution in [0.25, 0.3) is 10.6 Å². The molecule has 116 valence electrons. The molecule has 0 unspecified atom stereocenters. The third-order valence-corrected chi connectivity index (χ3v) is 4.76. The van der Waals surface area contributed by atoms with Crippen LogP contribution < -0.4 is 11.1 Å². The number of rotatable bonds is 4. The third-order valence-electron chi connectivity index (χ3n) is 3.12. The minimum Gasteiger partial charge on any atom is -0.368 e. The molecule has 0 fully saturated rings. The number of carbonyl (C=O) groups is 1. The van der Waals surface area contributed by atoms with Crippen LogP contribution in [0.3, 0.4) is 0 Å². The van der Waals surface area contributed by atoms with Crippen molar-refractivity contribution in [1.29, 1.82) is 0 Å². The number of aromatic nitrogens is 2. The summed E-state index contributed by atoms with van der Waals surface area (Å²) < 4.78 is 1.01. The van der Waals surface area contributed by atoms with Crippen molar-refractivity contribution in [1.82, 2.24) is 15.3 Å². The highest BCUT2D eigenvalue weighted by atomic mass is 79.9. The molecule has 3 rings (SSSR count). The number of halogens is 1. The number of benzene rings is 1. The van der Waals surface area contributed by atoms with Crippen molar-refractivity contribution in [2.75, 3.05) is 5.73 Å². The number of hydrogen-bond donors (Lipinski definition) is 2. The molecule has 1 amide bonds. The lowest BCUT2D eigenvalue weighted by Gasteiger charge is -2.04. The van der Waals surface area contributed by atoms with E-state index in [2.05, 4.69) is 31.2 Å². The molecule has 0 radical (unpaired) electrons. The van der Waals surface area contributed by atoms with Gasteiger partial charge in [0, 0.05) is 17.2 Å². The van der Waals surface area contributed by atoms with Crippen molar-refractivity contribution in [2.24, 2.45) is 0 Å². The third kappa shape index (κ3) is 3.94. The number of anilines is 1. The standard InChI is InChI=1S/C16H13BrN4OS/c17-11-3-1-10(2-4-11)9-20-15(22)14-6-5-13(23-14)12-7-8-19-16(18)21-12/h1-8H,9H2,(H,20,22)(H2,18,19,21). The molecule has 3 N–H and O–H groups in total. The van der Waals surface area contributed by atoms with E-state index in [1.807, 2.05) is 30.3 Å². The molecule has 0 spiro atoms. The average molecular weight is 389 g/mol. The summed E-state index contributed by atoms with van der Waals surface area (Å²) >= 11 is 4.76. The van der Waals surface area contributed by atoms with Gasteiger partial charge in [0.1, 0.15) is 0 Å². The van der Waals surface area contributed by atoms with E-state index >= 15 is 0 Å². The Hall–Kier alpha value is -2.25. The summed E-state index contributed by atoms with van der Waals surface area (Å²) in [4.78, 5) is 21.8. The first-order valence-corrected chi connectivity index (χ1v) is 8.44. The van der Waals surface area contributed by atoms with Crippen LogP contribution in [0.1, 0.15) is 15.2 Å². The van der Waals surface area contributed by atoms with Crippen molar-refractivity contribution < 1.29 is 4.79 Å². The van der Waals surface area contributed by atoms with Crippen molar-refractivity contribution in [3.8, 4) is 10.6 Å². The summed E-state index contributed by atoms with van der Waals surface area (Å²) in [6, 6.07) is 13.2.